The summed E-state index contributed by atoms with van der Waals surface area (Å²) < 4.78 is 0. The van der Waals surface area contributed by atoms with Crippen molar-refractivity contribution in [3.63, 3.8) is 0 Å². The van der Waals surface area contributed by atoms with E-state index in [-0.39, 0.29) is 18.5 Å². The van der Waals surface area contributed by atoms with Crippen LogP contribution in [0.1, 0.15) is 71.6 Å². The monoisotopic (exact) mass is 422 g/mol. The van der Waals surface area contributed by atoms with Crippen molar-refractivity contribution in [1.29, 1.82) is 0 Å². The zero-order valence-electron chi connectivity index (χ0n) is 19.7. The van der Waals surface area contributed by atoms with E-state index in [1.54, 1.807) is 0 Å². The predicted molar refractivity (Wildman–Crippen MR) is 123 cm³/mol. The number of carbonyl (C=O) groups is 1. The molecule has 0 bridgehead atoms. The van der Waals surface area contributed by atoms with Crippen LogP contribution in [0.3, 0.4) is 0 Å². The number of fused-ring (bicyclic) bond motifs is 1. The summed E-state index contributed by atoms with van der Waals surface area (Å²) in [6.07, 6.45) is 11.2. The van der Waals surface area contributed by atoms with Crippen molar-refractivity contribution in [2.75, 3.05) is 27.2 Å². The molecule has 6 unspecified atom stereocenters. The Hall–Kier alpha value is -0.890. The Kier molecular flexibility index (Phi) is 9.23. The average Bonchev–Trinajstić information content (AvgIpc) is 2.70. The minimum atomic E-state index is -0.205. The van der Waals surface area contributed by atoms with E-state index in [0.29, 0.717) is 18.0 Å². The number of rotatable bonds is 8. The van der Waals surface area contributed by atoms with E-state index in [4.69, 9.17) is 0 Å². The summed E-state index contributed by atoms with van der Waals surface area (Å²) in [6, 6.07) is 0.657. The normalized spacial score (nSPS) is 34.6. The molecular formula is C23H46N6O. The standard InChI is InChI=1S/C23H46N6O/c1-16(2)20-15-21(24-12-7-13-29(3)4)27-22(26-20)28-23(30)25-19-11-10-17-8-5-6-9-18(17)14-19/h16-22,24,26-27H,5-15H2,1-4H3,(H2,25,28,30). The van der Waals surface area contributed by atoms with Gasteiger partial charge in [0.15, 0.2) is 0 Å². The maximum Gasteiger partial charge on any atom is 0.317 e. The van der Waals surface area contributed by atoms with Gasteiger partial charge in [0.05, 0.1) is 6.17 Å². The molecule has 2 aliphatic carbocycles. The quantitative estimate of drug-likeness (QED) is 0.388. The van der Waals surface area contributed by atoms with E-state index in [0.717, 1.165) is 50.6 Å². The van der Waals surface area contributed by atoms with E-state index in [2.05, 4.69) is 59.4 Å². The van der Waals surface area contributed by atoms with Crippen LogP contribution in [0.2, 0.25) is 0 Å². The number of urea groups is 1. The van der Waals surface area contributed by atoms with Crippen LogP contribution in [0.5, 0.6) is 0 Å². The molecule has 0 aromatic rings. The Labute approximate surface area is 183 Å². The zero-order chi connectivity index (χ0) is 21.5. The Balaban J connectivity index is 1.44. The smallest absolute Gasteiger partial charge is 0.317 e. The third kappa shape index (κ3) is 7.36. The highest BCUT2D eigenvalue weighted by Gasteiger charge is 2.34. The first kappa shape index (κ1) is 23.8. The lowest BCUT2D eigenvalue weighted by Gasteiger charge is -2.41. The molecule has 0 spiro atoms. The second-order valence-corrected chi connectivity index (χ2v) is 10.4. The van der Waals surface area contributed by atoms with Gasteiger partial charge in [-0.05, 0) is 77.0 Å². The molecule has 0 aromatic carbocycles. The lowest BCUT2D eigenvalue weighted by molar-refractivity contribution is 0.138. The van der Waals surface area contributed by atoms with Crippen LogP contribution < -0.4 is 26.6 Å². The van der Waals surface area contributed by atoms with E-state index in [1.165, 1.54) is 32.1 Å². The predicted octanol–water partition coefficient (Wildman–Crippen LogP) is 2.40. The van der Waals surface area contributed by atoms with Gasteiger partial charge < -0.3 is 20.9 Å². The average molecular weight is 423 g/mol. The molecule has 174 valence electrons. The topological polar surface area (TPSA) is 80.5 Å². The van der Waals surface area contributed by atoms with Crippen LogP contribution in [-0.4, -0.2) is 62.7 Å². The highest BCUT2D eigenvalue weighted by Crippen LogP contribution is 2.40. The first-order valence-corrected chi connectivity index (χ1v) is 12.4. The fraction of sp³-hybridized carbons (Fsp3) is 0.957. The molecule has 2 amide bonds. The molecule has 30 heavy (non-hydrogen) atoms. The van der Waals surface area contributed by atoms with Gasteiger partial charge in [-0.2, -0.15) is 0 Å². The van der Waals surface area contributed by atoms with Crippen molar-refractivity contribution < 1.29 is 4.79 Å². The fourth-order valence-electron chi connectivity index (χ4n) is 5.58. The highest BCUT2D eigenvalue weighted by molar-refractivity contribution is 5.74. The molecule has 6 atom stereocenters. The van der Waals surface area contributed by atoms with Gasteiger partial charge in [0.1, 0.15) is 6.29 Å². The van der Waals surface area contributed by atoms with Gasteiger partial charge in [-0.15, -0.1) is 0 Å². The van der Waals surface area contributed by atoms with Crippen molar-refractivity contribution in [2.24, 2.45) is 17.8 Å². The molecule has 0 radical (unpaired) electrons. The minimum absolute atomic E-state index is 0.0463. The van der Waals surface area contributed by atoms with Gasteiger partial charge in [-0.25, -0.2) is 4.79 Å². The first-order valence-electron chi connectivity index (χ1n) is 12.4. The van der Waals surface area contributed by atoms with Crippen molar-refractivity contribution in [3.8, 4) is 0 Å². The van der Waals surface area contributed by atoms with Gasteiger partial charge in [0, 0.05) is 12.1 Å². The van der Waals surface area contributed by atoms with Crippen molar-refractivity contribution in [3.05, 3.63) is 0 Å². The van der Waals surface area contributed by atoms with E-state index >= 15 is 0 Å². The number of nitrogens with zero attached hydrogens (tertiary/aromatic N) is 1. The zero-order valence-corrected chi connectivity index (χ0v) is 19.7. The van der Waals surface area contributed by atoms with Crippen molar-refractivity contribution in [1.82, 2.24) is 31.5 Å². The maximum atomic E-state index is 12.7. The summed E-state index contributed by atoms with van der Waals surface area (Å²) in [5.74, 6) is 2.25. The largest absolute Gasteiger partial charge is 0.335 e. The Morgan fingerprint density at radius 2 is 1.77 bits per heavy atom. The van der Waals surface area contributed by atoms with E-state index in [9.17, 15) is 4.79 Å². The second-order valence-electron chi connectivity index (χ2n) is 10.4. The number of hydrogen-bond donors (Lipinski definition) is 5. The van der Waals surface area contributed by atoms with Crippen LogP contribution in [-0.2, 0) is 0 Å². The third-order valence-electron chi connectivity index (χ3n) is 7.37. The Morgan fingerprint density at radius 3 is 2.50 bits per heavy atom. The van der Waals surface area contributed by atoms with Crippen LogP contribution >= 0.6 is 0 Å². The van der Waals surface area contributed by atoms with Crippen molar-refractivity contribution >= 4 is 6.03 Å². The number of hydrogen-bond acceptors (Lipinski definition) is 5. The Bertz CT molecular complexity index is 528. The summed E-state index contributed by atoms with van der Waals surface area (Å²) >= 11 is 0. The first-order chi connectivity index (χ1) is 14.4. The highest BCUT2D eigenvalue weighted by atomic mass is 16.2. The van der Waals surface area contributed by atoms with Crippen LogP contribution in [0.4, 0.5) is 4.79 Å². The van der Waals surface area contributed by atoms with Crippen molar-refractivity contribution in [2.45, 2.75) is 96.2 Å². The van der Waals surface area contributed by atoms with Gasteiger partial charge in [0.25, 0.3) is 0 Å². The lowest BCUT2D eigenvalue weighted by Crippen LogP contribution is -2.69. The molecule has 7 heteroatoms. The van der Waals surface area contributed by atoms with E-state index < -0.39 is 0 Å². The Morgan fingerprint density at radius 1 is 1.00 bits per heavy atom. The SMILES string of the molecule is CC(C)C1CC(NCCCN(C)C)NC(NC(=O)NC2CCC3CCCCC3C2)N1. The van der Waals surface area contributed by atoms with Crippen LogP contribution in [0.15, 0.2) is 0 Å². The number of amides is 2. The molecule has 7 nitrogen and oxygen atoms in total. The molecule has 3 rings (SSSR count). The number of nitrogens with one attached hydrogen (secondary N) is 5. The van der Waals surface area contributed by atoms with Gasteiger partial charge >= 0.3 is 6.03 Å². The molecule has 5 N–H and O–H groups in total. The maximum absolute atomic E-state index is 12.7. The molecule has 1 aliphatic heterocycles. The molecule has 0 aromatic heterocycles. The van der Waals surface area contributed by atoms with Gasteiger partial charge in [0.2, 0.25) is 0 Å². The molecule has 3 fully saturated rings. The molecule has 1 saturated heterocycles. The van der Waals surface area contributed by atoms with Crippen LogP contribution in [0.25, 0.3) is 0 Å². The van der Waals surface area contributed by atoms with Gasteiger partial charge in [-0.1, -0.05) is 39.5 Å². The fourth-order valence-corrected chi connectivity index (χ4v) is 5.58. The van der Waals surface area contributed by atoms with Crippen LogP contribution in [0, 0.1) is 17.8 Å². The summed E-state index contributed by atoms with van der Waals surface area (Å²) in [5, 5.41) is 17.1. The summed E-state index contributed by atoms with van der Waals surface area (Å²) in [7, 11) is 4.22. The second kappa shape index (κ2) is 11.7. The lowest BCUT2D eigenvalue weighted by atomic mass is 9.69. The van der Waals surface area contributed by atoms with Gasteiger partial charge in [-0.3, -0.25) is 10.6 Å². The number of carbonyl (C=O) groups excluding carboxylic acids is 1. The minimum Gasteiger partial charge on any atom is -0.335 e. The summed E-state index contributed by atoms with van der Waals surface area (Å²) in [6.45, 7) is 6.54. The van der Waals surface area contributed by atoms with E-state index in [1.807, 2.05) is 0 Å². The summed E-state index contributed by atoms with van der Waals surface area (Å²) in [4.78, 5) is 14.9. The molecule has 1 heterocycles. The molecular weight excluding hydrogens is 376 g/mol. The third-order valence-corrected chi connectivity index (χ3v) is 7.37. The molecule has 2 saturated carbocycles. The summed E-state index contributed by atoms with van der Waals surface area (Å²) in [5.41, 5.74) is 0. The molecule has 3 aliphatic rings.